The summed E-state index contributed by atoms with van der Waals surface area (Å²) in [5, 5.41) is 43.4. The predicted molar refractivity (Wildman–Crippen MR) is 121 cm³/mol. The van der Waals surface area contributed by atoms with E-state index in [2.05, 4.69) is 5.32 Å². The van der Waals surface area contributed by atoms with E-state index in [1.165, 1.54) is 0 Å². The third-order valence-corrected chi connectivity index (χ3v) is 5.82. The van der Waals surface area contributed by atoms with Gasteiger partial charge in [-0.05, 0) is 34.4 Å². The summed E-state index contributed by atoms with van der Waals surface area (Å²) in [6.45, 7) is 0.228. The number of aliphatic hydroxyl groups is 2. The molecule has 0 bridgehead atoms. The Morgan fingerprint density at radius 1 is 0.758 bits per heavy atom. The van der Waals surface area contributed by atoms with Gasteiger partial charge in [0.25, 0.3) is 0 Å². The zero-order valence-corrected chi connectivity index (χ0v) is 17.8. The monoisotopic (exact) mass is 451 g/mol. The number of benzene rings is 2. The molecule has 33 heavy (non-hydrogen) atoms. The number of hydrogen-bond donors (Lipinski definition) is 5. The highest BCUT2D eigenvalue weighted by Crippen LogP contribution is 2.28. The fourth-order valence-corrected chi connectivity index (χ4v) is 4.11. The standard InChI is InChI=1S/C24H25N3O6/c28-21(19-9-15-5-1-3-7-17(15)13-26(19)23(30)31)11-25-12-22(29)20-10-16-6-2-4-8-18(16)14-27(20)24(32)33/h1-10,21-22,25,28-29H,11-14H2,(H,30,31)(H,32,33)/t21-,22-/m1/s1. The molecule has 0 unspecified atom stereocenters. The summed E-state index contributed by atoms with van der Waals surface area (Å²) in [6.07, 6.45) is -1.34. The van der Waals surface area contributed by atoms with Crippen molar-refractivity contribution in [3.63, 3.8) is 0 Å². The minimum atomic E-state index is -1.17. The van der Waals surface area contributed by atoms with E-state index in [1.807, 2.05) is 48.5 Å². The van der Waals surface area contributed by atoms with Crippen molar-refractivity contribution in [2.75, 3.05) is 13.1 Å². The molecule has 2 aliphatic rings. The molecule has 2 aromatic rings. The summed E-state index contributed by atoms with van der Waals surface area (Å²) in [4.78, 5) is 25.6. The lowest BCUT2D eigenvalue weighted by Crippen LogP contribution is -2.43. The molecule has 0 saturated carbocycles. The van der Waals surface area contributed by atoms with E-state index < -0.39 is 24.4 Å². The van der Waals surface area contributed by atoms with Gasteiger partial charge in [-0.3, -0.25) is 9.80 Å². The molecule has 2 atom stereocenters. The van der Waals surface area contributed by atoms with Gasteiger partial charge in [-0.2, -0.15) is 0 Å². The molecule has 0 fully saturated rings. The molecular weight excluding hydrogens is 426 g/mol. The molecule has 0 radical (unpaired) electrons. The number of carbonyl (C=O) groups is 2. The molecule has 2 heterocycles. The number of nitrogens with one attached hydrogen (secondary N) is 1. The van der Waals surface area contributed by atoms with Gasteiger partial charge in [0, 0.05) is 13.1 Å². The Kier molecular flexibility index (Phi) is 6.45. The maximum Gasteiger partial charge on any atom is 0.411 e. The van der Waals surface area contributed by atoms with Crippen LogP contribution in [0, 0.1) is 0 Å². The smallest absolute Gasteiger partial charge is 0.411 e. The van der Waals surface area contributed by atoms with Crippen LogP contribution in [0.25, 0.3) is 12.2 Å². The van der Waals surface area contributed by atoms with Crippen molar-refractivity contribution >= 4 is 24.3 Å². The lowest BCUT2D eigenvalue weighted by Gasteiger charge is -2.32. The largest absolute Gasteiger partial charge is 0.465 e. The van der Waals surface area contributed by atoms with E-state index >= 15 is 0 Å². The molecule has 0 aliphatic carbocycles. The van der Waals surface area contributed by atoms with Crippen molar-refractivity contribution in [1.29, 1.82) is 0 Å². The number of aliphatic hydroxyl groups excluding tert-OH is 2. The van der Waals surface area contributed by atoms with Crippen LogP contribution in [0.5, 0.6) is 0 Å². The molecule has 9 heteroatoms. The lowest BCUT2D eigenvalue weighted by molar-refractivity contribution is 0.116. The predicted octanol–water partition coefficient (Wildman–Crippen LogP) is 2.37. The topological polar surface area (TPSA) is 134 Å². The van der Waals surface area contributed by atoms with E-state index in [9.17, 15) is 30.0 Å². The Morgan fingerprint density at radius 2 is 1.15 bits per heavy atom. The Hall–Kier alpha value is -3.66. The molecule has 4 rings (SSSR count). The molecule has 0 spiro atoms. The maximum absolute atomic E-state index is 11.7. The summed E-state index contributed by atoms with van der Waals surface area (Å²) >= 11 is 0. The van der Waals surface area contributed by atoms with E-state index in [1.54, 1.807) is 12.2 Å². The van der Waals surface area contributed by atoms with E-state index in [0.717, 1.165) is 32.1 Å². The molecule has 2 aliphatic heterocycles. The van der Waals surface area contributed by atoms with Crippen molar-refractivity contribution in [3.8, 4) is 0 Å². The molecule has 2 aromatic carbocycles. The SMILES string of the molecule is O=C(O)N1Cc2ccccc2C=C1[C@H](O)CNC[C@@H](O)C1=Cc2ccccc2CN1C(=O)O. The number of amides is 2. The fraction of sp³-hybridized carbons (Fsp3) is 0.250. The molecular formula is C24H25N3O6. The first-order valence-corrected chi connectivity index (χ1v) is 10.5. The van der Waals surface area contributed by atoms with Gasteiger partial charge < -0.3 is 25.7 Å². The average molecular weight is 451 g/mol. The van der Waals surface area contributed by atoms with Gasteiger partial charge in [0.05, 0.1) is 24.5 Å². The Labute approximate surface area is 190 Å². The summed E-state index contributed by atoms with van der Waals surface area (Å²) in [5.41, 5.74) is 3.84. The normalized spacial score (nSPS) is 16.8. The van der Waals surface area contributed by atoms with E-state index in [0.29, 0.717) is 0 Å². The quantitative estimate of drug-likeness (QED) is 0.455. The van der Waals surface area contributed by atoms with Gasteiger partial charge in [-0.1, -0.05) is 48.5 Å². The zero-order valence-electron chi connectivity index (χ0n) is 17.8. The van der Waals surface area contributed by atoms with Gasteiger partial charge in [0.15, 0.2) is 0 Å². The summed E-state index contributed by atoms with van der Waals surface area (Å²) in [6, 6.07) is 14.7. The van der Waals surface area contributed by atoms with Crippen LogP contribution in [0.2, 0.25) is 0 Å². The van der Waals surface area contributed by atoms with Gasteiger partial charge in [0.2, 0.25) is 0 Å². The Morgan fingerprint density at radius 3 is 1.55 bits per heavy atom. The van der Waals surface area contributed by atoms with Crippen LogP contribution >= 0.6 is 0 Å². The number of carboxylic acid groups (broad SMARTS) is 2. The summed E-state index contributed by atoms with van der Waals surface area (Å²) in [5.74, 6) is 0. The third kappa shape index (κ3) is 4.75. The average Bonchev–Trinajstić information content (AvgIpc) is 2.82. The van der Waals surface area contributed by atoms with Crippen molar-refractivity contribution in [2.45, 2.75) is 25.3 Å². The molecule has 0 saturated heterocycles. The summed E-state index contributed by atoms with van der Waals surface area (Å²) < 4.78 is 0. The highest BCUT2D eigenvalue weighted by atomic mass is 16.4. The molecule has 172 valence electrons. The minimum absolute atomic E-state index is 0.0220. The molecule has 9 nitrogen and oxygen atoms in total. The fourth-order valence-electron chi connectivity index (χ4n) is 4.11. The lowest BCUT2D eigenvalue weighted by atomic mass is 9.99. The van der Waals surface area contributed by atoms with Crippen LogP contribution < -0.4 is 5.32 Å². The van der Waals surface area contributed by atoms with Crippen LogP contribution in [0.4, 0.5) is 9.59 Å². The summed E-state index contributed by atoms with van der Waals surface area (Å²) in [7, 11) is 0. The second-order valence-corrected chi connectivity index (χ2v) is 7.96. The van der Waals surface area contributed by atoms with Gasteiger partial charge in [-0.25, -0.2) is 9.59 Å². The first kappa shape index (κ1) is 22.5. The van der Waals surface area contributed by atoms with Crippen molar-refractivity contribution in [1.82, 2.24) is 15.1 Å². The van der Waals surface area contributed by atoms with Crippen molar-refractivity contribution in [2.24, 2.45) is 0 Å². The maximum atomic E-state index is 11.7. The minimum Gasteiger partial charge on any atom is -0.465 e. The second kappa shape index (κ2) is 9.45. The number of fused-ring (bicyclic) bond motifs is 2. The second-order valence-electron chi connectivity index (χ2n) is 7.96. The van der Waals surface area contributed by atoms with Crippen molar-refractivity contribution < 1.29 is 30.0 Å². The van der Waals surface area contributed by atoms with Crippen LogP contribution in [0.3, 0.4) is 0 Å². The third-order valence-electron chi connectivity index (χ3n) is 5.82. The molecule has 0 aromatic heterocycles. The number of rotatable bonds is 6. The molecule has 5 N–H and O–H groups in total. The van der Waals surface area contributed by atoms with Gasteiger partial charge in [0.1, 0.15) is 12.2 Å². The highest BCUT2D eigenvalue weighted by Gasteiger charge is 2.30. The highest BCUT2D eigenvalue weighted by molar-refractivity contribution is 5.74. The van der Waals surface area contributed by atoms with Crippen LogP contribution in [-0.4, -0.2) is 67.7 Å². The van der Waals surface area contributed by atoms with Gasteiger partial charge in [-0.15, -0.1) is 0 Å². The van der Waals surface area contributed by atoms with E-state index in [-0.39, 0.29) is 37.6 Å². The van der Waals surface area contributed by atoms with Crippen molar-refractivity contribution in [3.05, 3.63) is 82.2 Å². The number of nitrogens with zero attached hydrogens (tertiary/aromatic N) is 2. The molecule has 2 amide bonds. The van der Waals surface area contributed by atoms with Crippen LogP contribution in [0.1, 0.15) is 22.3 Å². The zero-order chi connectivity index (χ0) is 23.5. The first-order chi connectivity index (χ1) is 15.8. The van der Waals surface area contributed by atoms with E-state index in [4.69, 9.17) is 0 Å². The Bertz CT molecular complexity index is 1040. The Balaban J connectivity index is 1.44. The number of hydrogen-bond acceptors (Lipinski definition) is 5. The van der Waals surface area contributed by atoms with Crippen LogP contribution in [0.15, 0.2) is 59.9 Å². The van der Waals surface area contributed by atoms with Crippen LogP contribution in [-0.2, 0) is 13.1 Å². The first-order valence-electron chi connectivity index (χ1n) is 10.5. The van der Waals surface area contributed by atoms with Gasteiger partial charge >= 0.3 is 12.2 Å².